The quantitative estimate of drug-likeness (QED) is 0.503. The molecule has 0 saturated heterocycles. The van der Waals surface area contributed by atoms with Gasteiger partial charge in [0.05, 0.1) is 24.6 Å². The second-order valence-electron chi connectivity index (χ2n) is 6.70. The largest absolute Gasteiger partial charge is 0.480 e. The number of carbonyl (C=O) groups is 1. The Morgan fingerprint density at radius 2 is 1.76 bits per heavy atom. The van der Waals surface area contributed by atoms with Gasteiger partial charge in [0, 0.05) is 17.4 Å². The Bertz CT molecular complexity index is 1230. The zero-order valence-corrected chi connectivity index (χ0v) is 18.2. The molecule has 0 saturated carbocycles. The second-order valence-corrected chi connectivity index (χ2v) is 8.54. The number of alkyl halides is 3. The predicted molar refractivity (Wildman–Crippen MR) is 113 cm³/mol. The Hall–Kier alpha value is -3.68. The zero-order chi connectivity index (χ0) is 24.2. The van der Waals surface area contributed by atoms with E-state index in [2.05, 4.69) is 25.3 Å². The molecule has 2 aromatic heterocycles. The number of anilines is 2. The molecule has 0 unspecified atom stereocenters. The Morgan fingerprint density at radius 1 is 1.09 bits per heavy atom. The molecule has 3 aromatic rings. The lowest BCUT2D eigenvalue weighted by Crippen LogP contribution is -2.21. The summed E-state index contributed by atoms with van der Waals surface area (Å²) >= 11 is 0. The standard InChI is InChI=1S/C19H19F3N6O4S/c1-3-10-33(30,31)27-13-6-4-12(5-7-13)24-18(29)14-11-23-28(17(14)19(20,21)22)15-8-9-16(32-2)26-25-15/h4-9,11,27H,3,10H2,1-2H3,(H,24,29). The maximum Gasteiger partial charge on any atom is 0.434 e. The van der Waals surface area contributed by atoms with Crippen molar-refractivity contribution >= 4 is 27.3 Å². The normalized spacial score (nSPS) is 11.8. The van der Waals surface area contributed by atoms with Crippen LogP contribution in [0.5, 0.6) is 5.88 Å². The van der Waals surface area contributed by atoms with Gasteiger partial charge in [0.1, 0.15) is 0 Å². The minimum atomic E-state index is -4.92. The van der Waals surface area contributed by atoms with Crippen molar-refractivity contribution in [3.8, 4) is 11.7 Å². The van der Waals surface area contributed by atoms with Gasteiger partial charge < -0.3 is 10.1 Å². The number of nitrogens with one attached hydrogen (secondary N) is 2. The molecule has 3 rings (SSSR count). The van der Waals surface area contributed by atoms with Crippen LogP contribution in [-0.2, 0) is 16.2 Å². The van der Waals surface area contributed by atoms with Crippen molar-refractivity contribution in [3.63, 3.8) is 0 Å². The lowest BCUT2D eigenvalue weighted by atomic mass is 10.2. The molecule has 0 aliphatic carbocycles. The van der Waals surface area contributed by atoms with Gasteiger partial charge in [-0.05, 0) is 36.8 Å². The number of hydrogen-bond donors (Lipinski definition) is 2. The average molecular weight is 484 g/mol. The van der Waals surface area contributed by atoms with E-state index in [-0.39, 0.29) is 28.8 Å². The fourth-order valence-corrected chi connectivity index (χ4v) is 3.95. The number of hydrogen-bond acceptors (Lipinski definition) is 7. The summed E-state index contributed by atoms with van der Waals surface area (Å²) in [6.07, 6.45) is -3.72. The molecule has 0 spiro atoms. The zero-order valence-electron chi connectivity index (χ0n) is 17.4. The summed E-state index contributed by atoms with van der Waals surface area (Å²) in [5.74, 6) is -1.29. The third kappa shape index (κ3) is 5.77. The van der Waals surface area contributed by atoms with Crippen molar-refractivity contribution in [2.24, 2.45) is 0 Å². The van der Waals surface area contributed by atoms with Crippen LogP contribution in [0.15, 0.2) is 42.6 Å². The fourth-order valence-electron chi connectivity index (χ4n) is 2.82. The van der Waals surface area contributed by atoms with Crippen LogP contribution in [0.2, 0.25) is 0 Å². The van der Waals surface area contributed by atoms with E-state index in [0.717, 1.165) is 6.20 Å². The Labute approximate surface area is 186 Å². The molecule has 0 bridgehead atoms. The summed E-state index contributed by atoms with van der Waals surface area (Å²) in [5, 5.41) is 13.3. The molecule has 176 valence electrons. The maximum atomic E-state index is 13.8. The van der Waals surface area contributed by atoms with E-state index >= 15 is 0 Å². The van der Waals surface area contributed by atoms with E-state index in [4.69, 9.17) is 4.74 Å². The molecule has 33 heavy (non-hydrogen) atoms. The molecule has 0 fully saturated rings. The smallest absolute Gasteiger partial charge is 0.434 e. The monoisotopic (exact) mass is 484 g/mol. The number of amides is 1. The summed E-state index contributed by atoms with van der Waals surface area (Å²) in [5.41, 5.74) is -1.65. The average Bonchev–Trinajstić information content (AvgIpc) is 3.21. The predicted octanol–water partition coefficient (Wildman–Crippen LogP) is 3.09. The molecular weight excluding hydrogens is 465 g/mol. The molecule has 2 heterocycles. The van der Waals surface area contributed by atoms with Gasteiger partial charge in [-0.15, -0.1) is 10.2 Å². The molecule has 0 aliphatic heterocycles. The van der Waals surface area contributed by atoms with E-state index in [1.807, 2.05) is 0 Å². The van der Waals surface area contributed by atoms with Gasteiger partial charge in [-0.1, -0.05) is 6.92 Å². The van der Waals surface area contributed by atoms with Gasteiger partial charge >= 0.3 is 6.18 Å². The van der Waals surface area contributed by atoms with Crippen molar-refractivity contribution in [2.75, 3.05) is 22.9 Å². The van der Waals surface area contributed by atoms with Gasteiger partial charge in [0.15, 0.2) is 11.5 Å². The molecule has 1 aromatic carbocycles. The lowest BCUT2D eigenvalue weighted by Gasteiger charge is -2.12. The first-order chi connectivity index (χ1) is 15.5. The molecule has 0 aliphatic rings. The number of rotatable bonds is 8. The third-order valence-corrected chi connectivity index (χ3v) is 5.72. The number of benzene rings is 1. The summed E-state index contributed by atoms with van der Waals surface area (Å²) in [4.78, 5) is 12.6. The maximum absolute atomic E-state index is 13.8. The molecular formula is C19H19F3N6O4S. The number of ether oxygens (including phenoxy) is 1. The van der Waals surface area contributed by atoms with Crippen LogP contribution in [0.3, 0.4) is 0 Å². The van der Waals surface area contributed by atoms with Crippen LogP contribution >= 0.6 is 0 Å². The Balaban J connectivity index is 1.84. The van der Waals surface area contributed by atoms with Gasteiger partial charge in [0.2, 0.25) is 15.9 Å². The van der Waals surface area contributed by atoms with Crippen molar-refractivity contribution in [1.29, 1.82) is 0 Å². The summed E-state index contributed by atoms with van der Waals surface area (Å²) in [6.45, 7) is 1.72. The van der Waals surface area contributed by atoms with Crippen LogP contribution in [0, 0.1) is 0 Å². The van der Waals surface area contributed by atoms with Gasteiger partial charge in [0.25, 0.3) is 5.91 Å². The lowest BCUT2D eigenvalue weighted by molar-refractivity contribution is -0.143. The molecule has 1 amide bonds. The molecule has 14 heteroatoms. The molecule has 10 nitrogen and oxygen atoms in total. The van der Waals surface area contributed by atoms with Gasteiger partial charge in [-0.3, -0.25) is 9.52 Å². The summed E-state index contributed by atoms with van der Waals surface area (Å²) in [7, 11) is -2.18. The molecule has 0 radical (unpaired) electrons. The first-order valence-electron chi connectivity index (χ1n) is 9.49. The molecule has 2 N–H and O–H groups in total. The summed E-state index contributed by atoms with van der Waals surface area (Å²) in [6, 6.07) is 7.99. The van der Waals surface area contributed by atoms with E-state index in [1.165, 1.54) is 43.5 Å². The highest BCUT2D eigenvalue weighted by atomic mass is 32.2. The highest BCUT2D eigenvalue weighted by Crippen LogP contribution is 2.33. The van der Waals surface area contributed by atoms with E-state index in [1.54, 1.807) is 6.92 Å². The third-order valence-electron chi connectivity index (χ3n) is 4.22. The molecule has 0 atom stereocenters. The number of carbonyl (C=O) groups excluding carboxylic acids is 1. The number of sulfonamides is 1. The number of halogens is 3. The number of aromatic nitrogens is 4. The minimum Gasteiger partial charge on any atom is -0.480 e. The first kappa shape index (κ1) is 24.0. The van der Waals surface area contributed by atoms with Gasteiger partial charge in [-0.25, -0.2) is 13.1 Å². The SMILES string of the molecule is CCCS(=O)(=O)Nc1ccc(NC(=O)c2cnn(-c3ccc(OC)nn3)c2C(F)(F)F)cc1. The Morgan fingerprint density at radius 3 is 2.30 bits per heavy atom. The van der Waals surface area contributed by atoms with E-state index < -0.39 is 33.4 Å². The fraction of sp³-hybridized carbons (Fsp3) is 0.263. The first-order valence-corrected chi connectivity index (χ1v) is 11.1. The summed E-state index contributed by atoms with van der Waals surface area (Å²) < 4.78 is 72.6. The van der Waals surface area contributed by atoms with E-state index in [0.29, 0.717) is 11.1 Å². The van der Waals surface area contributed by atoms with Gasteiger partial charge in [-0.2, -0.15) is 18.3 Å². The van der Waals surface area contributed by atoms with E-state index in [9.17, 15) is 26.4 Å². The van der Waals surface area contributed by atoms with Crippen molar-refractivity contribution in [2.45, 2.75) is 19.5 Å². The number of nitrogens with zero attached hydrogens (tertiary/aromatic N) is 4. The van der Waals surface area contributed by atoms with Crippen LogP contribution in [0.1, 0.15) is 29.4 Å². The number of methoxy groups -OCH3 is 1. The van der Waals surface area contributed by atoms with Crippen LogP contribution < -0.4 is 14.8 Å². The minimum absolute atomic E-state index is 0.0612. The van der Waals surface area contributed by atoms with Crippen molar-refractivity contribution in [1.82, 2.24) is 20.0 Å². The Kier molecular flexibility index (Phi) is 6.86. The van der Waals surface area contributed by atoms with Crippen LogP contribution in [0.25, 0.3) is 5.82 Å². The highest BCUT2D eigenvalue weighted by Gasteiger charge is 2.41. The van der Waals surface area contributed by atoms with Crippen molar-refractivity contribution < 1.29 is 31.1 Å². The van der Waals surface area contributed by atoms with Crippen LogP contribution in [-0.4, -0.2) is 47.2 Å². The van der Waals surface area contributed by atoms with Crippen LogP contribution in [0.4, 0.5) is 24.5 Å². The highest BCUT2D eigenvalue weighted by molar-refractivity contribution is 7.92. The second kappa shape index (κ2) is 9.44. The topological polar surface area (TPSA) is 128 Å². The van der Waals surface area contributed by atoms with Crippen molar-refractivity contribution in [3.05, 3.63) is 53.9 Å².